The Kier molecular flexibility index (Phi) is 2.53. The summed E-state index contributed by atoms with van der Waals surface area (Å²) in [7, 11) is 0. The van der Waals surface area contributed by atoms with Crippen LogP contribution in [0.25, 0.3) is 10.4 Å². The van der Waals surface area contributed by atoms with Gasteiger partial charge in [-0.3, -0.25) is 0 Å². The fraction of sp³-hybridized carbons (Fsp3) is 0.143. The highest BCUT2D eigenvalue weighted by molar-refractivity contribution is 5.46. The predicted octanol–water partition coefficient (Wildman–Crippen LogP) is 1.83. The molecule has 0 saturated carbocycles. The van der Waals surface area contributed by atoms with E-state index in [1.807, 2.05) is 0 Å². The molecule has 0 aliphatic heterocycles. The van der Waals surface area contributed by atoms with E-state index in [1.54, 1.807) is 0 Å². The molecule has 0 radical (unpaired) electrons. The highest BCUT2D eigenvalue weighted by Gasteiger charge is 1.99. The number of aliphatic hydroxyl groups is 1. The third-order valence-electron chi connectivity index (χ3n) is 1.39. The van der Waals surface area contributed by atoms with Gasteiger partial charge in [0.2, 0.25) is 0 Å². The van der Waals surface area contributed by atoms with Gasteiger partial charge in [0.1, 0.15) is 5.75 Å². The zero-order valence-corrected chi connectivity index (χ0v) is 6.18. The smallest absolute Gasteiger partial charge is 0.121 e. The summed E-state index contributed by atoms with van der Waals surface area (Å²) in [5.41, 5.74) is 8.81. The molecule has 0 saturated heterocycles. The number of azide groups is 1. The van der Waals surface area contributed by atoms with Gasteiger partial charge in [-0.2, -0.15) is 0 Å². The summed E-state index contributed by atoms with van der Waals surface area (Å²) >= 11 is 0. The van der Waals surface area contributed by atoms with Crippen LogP contribution in [0.1, 0.15) is 5.56 Å². The predicted molar refractivity (Wildman–Crippen MR) is 42.8 cm³/mol. The number of rotatable bonds is 2. The van der Waals surface area contributed by atoms with Crippen molar-refractivity contribution in [2.75, 3.05) is 0 Å². The Morgan fingerprint density at radius 2 is 2.25 bits per heavy atom. The highest BCUT2D eigenvalue weighted by atomic mass is 16.3. The van der Waals surface area contributed by atoms with Crippen LogP contribution >= 0.6 is 0 Å². The first-order valence-electron chi connectivity index (χ1n) is 3.26. The Morgan fingerprint density at radius 1 is 1.50 bits per heavy atom. The van der Waals surface area contributed by atoms with Crippen LogP contribution in [0.5, 0.6) is 5.75 Å². The van der Waals surface area contributed by atoms with E-state index in [1.165, 1.54) is 18.2 Å². The van der Waals surface area contributed by atoms with Gasteiger partial charge in [0.15, 0.2) is 0 Å². The van der Waals surface area contributed by atoms with Gasteiger partial charge in [0.25, 0.3) is 0 Å². The minimum Gasteiger partial charge on any atom is -0.508 e. The van der Waals surface area contributed by atoms with E-state index in [2.05, 4.69) is 10.0 Å². The summed E-state index contributed by atoms with van der Waals surface area (Å²) in [6, 6.07) is 4.26. The van der Waals surface area contributed by atoms with Crippen molar-refractivity contribution < 1.29 is 10.2 Å². The van der Waals surface area contributed by atoms with Crippen molar-refractivity contribution in [2.24, 2.45) is 5.11 Å². The molecule has 1 aromatic rings. The zero-order valence-electron chi connectivity index (χ0n) is 6.18. The largest absolute Gasteiger partial charge is 0.508 e. The lowest BCUT2D eigenvalue weighted by molar-refractivity contribution is 0.275. The van der Waals surface area contributed by atoms with Crippen molar-refractivity contribution in [3.63, 3.8) is 0 Å². The molecule has 5 nitrogen and oxygen atoms in total. The Hall–Kier alpha value is -1.71. The van der Waals surface area contributed by atoms with Crippen molar-refractivity contribution >= 4 is 5.69 Å². The molecule has 0 heterocycles. The molecule has 0 spiro atoms. The van der Waals surface area contributed by atoms with E-state index in [4.69, 9.17) is 15.7 Å². The molecule has 2 N–H and O–H groups in total. The molecular weight excluding hydrogens is 158 g/mol. The molecule has 5 heteroatoms. The van der Waals surface area contributed by atoms with E-state index in [-0.39, 0.29) is 12.4 Å². The lowest BCUT2D eigenvalue weighted by Crippen LogP contribution is -1.82. The third-order valence-corrected chi connectivity index (χ3v) is 1.39. The van der Waals surface area contributed by atoms with Crippen LogP contribution in [0.4, 0.5) is 5.69 Å². The molecule has 1 rings (SSSR count). The first-order chi connectivity index (χ1) is 5.77. The Labute approximate surface area is 68.5 Å². The average Bonchev–Trinajstić information content (AvgIpc) is 2.09. The van der Waals surface area contributed by atoms with Crippen LogP contribution < -0.4 is 0 Å². The fourth-order valence-corrected chi connectivity index (χ4v) is 0.812. The molecule has 0 bridgehead atoms. The molecule has 0 aliphatic rings. The van der Waals surface area contributed by atoms with E-state index in [0.717, 1.165) is 0 Å². The maximum atomic E-state index is 9.11. The second-order valence-electron chi connectivity index (χ2n) is 2.16. The molecular formula is C7H7N3O2. The van der Waals surface area contributed by atoms with Crippen molar-refractivity contribution in [3.05, 3.63) is 34.2 Å². The first-order valence-corrected chi connectivity index (χ1v) is 3.26. The molecule has 0 unspecified atom stereocenters. The van der Waals surface area contributed by atoms with Gasteiger partial charge in [-0.05, 0) is 23.7 Å². The van der Waals surface area contributed by atoms with E-state index >= 15 is 0 Å². The van der Waals surface area contributed by atoms with Crippen molar-refractivity contribution in [1.82, 2.24) is 0 Å². The van der Waals surface area contributed by atoms with Crippen LogP contribution in [-0.4, -0.2) is 10.2 Å². The Bertz CT molecular complexity index is 331. The van der Waals surface area contributed by atoms with Gasteiger partial charge >= 0.3 is 0 Å². The minimum atomic E-state index is -0.277. The molecule has 0 atom stereocenters. The van der Waals surface area contributed by atoms with E-state index in [0.29, 0.717) is 11.3 Å². The fourth-order valence-electron chi connectivity index (χ4n) is 0.812. The quantitative estimate of drug-likeness (QED) is 0.397. The van der Waals surface area contributed by atoms with Crippen LogP contribution in [0.3, 0.4) is 0 Å². The molecule has 12 heavy (non-hydrogen) atoms. The standard InChI is InChI=1S/C7H7N3O2/c8-10-9-6-1-2-7(12)5(3-6)4-11/h1-3,11-12H,4H2. The minimum absolute atomic E-state index is 0.00519. The second-order valence-corrected chi connectivity index (χ2v) is 2.16. The number of nitrogens with zero attached hydrogens (tertiary/aromatic N) is 3. The van der Waals surface area contributed by atoms with Crippen molar-refractivity contribution in [2.45, 2.75) is 6.61 Å². The summed E-state index contributed by atoms with van der Waals surface area (Å²) in [5.74, 6) is -0.00519. The second kappa shape index (κ2) is 3.61. The van der Waals surface area contributed by atoms with Crippen LogP contribution in [-0.2, 0) is 6.61 Å². The molecule has 0 amide bonds. The van der Waals surface area contributed by atoms with Crippen molar-refractivity contribution in [3.8, 4) is 5.75 Å². The number of aliphatic hydroxyl groups excluding tert-OH is 1. The van der Waals surface area contributed by atoms with Crippen LogP contribution in [0.2, 0.25) is 0 Å². The maximum Gasteiger partial charge on any atom is 0.121 e. The SMILES string of the molecule is [N-]=[N+]=Nc1ccc(O)c(CO)c1. The van der Waals surface area contributed by atoms with Gasteiger partial charge < -0.3 is 10.2 Å². The zero-order chi connectivity index (χ0) is 8.97. The van der Waals surface area contributed by atoms with E-state index < -0.39 is 0 Å². The van der Waals surface area contributed by atoms with Crippen molar-refractivity contribution in [1.29, 1.82) is 0 Å². The highest BCUT2D eigenvalue weighted by Crippen LogP contribution is 2.23. The van der Waals surface area contributed by atoms with Gasteiger partial charge in [0, 0.05) is 16.2 Å². The lowest BCUT2D eigenvalue weighted by Gasteiger charge is -2.00. The van der Waals surface area contributed by atoms with Gasteiger partial charge in [0.05, 0.1) is 6.61 Å². The summed E-state index contributed by atoms with van der Waals surface area (Å²) < 4.78 is 0. The Morgan fingerprint density at radius 3 is 2.83 bits per heavy atom. The first kappa shape index (κ1) is 8.39. The number of benzene rings is 1. The van der Waals surface area contributed by atoms with E-state index in [9.17, 15) is 0 Å². The van der Waals surface area contributed by atoms with Crippen LogP contribution in [0.15, 0.2) is 23.3 Å². The number of hydrogen-bond acceptors (Lipinski definition) is 3. The van der Waals surface area contributed by atoms with Gasteiger partial charge in [-0.25, -0.2) is 0 Å². The molecule has 62 valence electrons. The maximum absolute atomic E-state index is 9.11. The molecule has 0 fully saturated rings. The van der Waals surface area contributed by atoms with Gasteiger partial charge in [-0.15, -0.1) is 0 Å². The molecule has 0 aromatic heterocycles. The summed E-state index contributed by atoms with van der Waals surface area (Å²) in [6.07, 6.45) is 0. The Balaban J connectivity index is 3.13. The number of aromatic hydroxyl groups is 1. The summed E-state index contributed by atoms with van der Waals surface area (Å²) in [6.45, 7) is -0.277. The van der Waals surface area contributed by atoms with Crippen LogP contribution in [0, 0.1) is 0 Å². The third kappa shape index (κ3) is 1.66. The lowest BCUT2D eigenvalue weighted by atomic mass is 10.2. The molecule has 1 aromatic carbocycles. The average molecular weight is 165 g/mol. The topological polar surface area (TPSA) is 89.2 Å². The monoisotopic (exact) mass is 165 g/mol. The summed E-state index contributed by atoms with van der Waals surface area (Å²) in [5, 5.41) is 21.1. The molecule has 0 aliphatic carbocycles. The number of phenols is 1. The number of hydrogen-bond donors (Lipinski definition) is 2. The van der Waals surface area contributed by atoms with Gasteiger partial charge in [-0.1, -0.05) is 5.11 Å². The summed E-state index contributed by atoms with van der Waals surface area (Å²) in [4.78, 5) is 2.57. The normalized spacial score (nSPS) is 9.08.